The lowest BCUT2D eigenvalue weighted by atomic mass is 10.1. The maximum Gasteiger partial charge on any atom is 0.185 e. The van der Waals surface area contributed by atoms with Crippen LogP contribution in [0.1, 0.15) is 19.4 Å². The van der Waals surface area contributed by atoms with Crippen molar-refractivity contribution in [2.24, 2.45) is 0 Å². The van der Waals surface area contributed by atoms with Crippen LogP contribution < -0.4 is 9.80 Å². The SMILES string of the molecule is Cc1ccc(N2C[C@@H](C)N(c3nccs3)[C@@H](C)C2)nc1. The summed E-state index contributed by atoms with van der Waals surface area (Å²) >= 11 is 1.72. The van der Waals surface area contributed by atoms with Gasteiger partial charge < -0.3 is 9.80 Å². The minimum Gasteiger partial charge on any atom is -0.353 e. The van der Waals surface area contributed by atoms with Gasteiger partial charge in [0.2, 0.25) is 0 Å². The first kappa shape index (κ1) is 13.4. The summed E-state index contributed by atoms with van der Waals surface area (Å²) in [5.41, 5.74) is 1.20. The maximum atomic E-state index is 4.55. The summed E-state index contributed by atoms with van der Waals surface area (Å²) in [5.74, 6) is 1.08. The molecule has 106 valence electrons. The van der Waals surface area contributed by atoms with Gasteiger partial charge in [-0.1, -0.05) is 6.07 Å². The molecule has 3 heterocycles. The fraction of sp³-hybridized carbons (Fsp3) is 0.467. The topological polar surface area (TPSA) is 32.3 Å². The predicted octanol–water partition coefficient (Wildman–Crippen LogP) is 2.95. The Labute approximate surface area is 124 Å². The number of aromatic nitrogens is 2. The van der Waals surface area contributed by atoms with E-state index < -0.39 is 0 Å². The van der Waals surface area contributed by atoms with E-state index in [-0.39, 0.29) is 0 Å². The van der Waals surface area contributed by atoms with E-state index in [0.29, 0.717) is 12.1 Å². The van der Waals surface area contributed by atoms with Crippen molar-refractivity contribution in [3.05, 3.63) is 35.5 Å². The summed E-state index contributed by atoms with van der Waals surface area (Å²) in [6, 6.07) is 5.12. The minimum atomic E-state index is 0.438. The number of nitrogens with zero attached hydrogens (tertiary/aromatic N) is 4. The largest absolute Gasteiger partial charge is 0.353 e. The summed E-state index contributed by atoms with van der Waals surface area (Å²) in [6.07, 6.45) is 3.82. The second-order valence-corrected chi connectivity index (χ2v) is 6.39. The van der Waals surface area contributed by atoms with Crippen molar-refractivity contribution in [1.29, 1.82) is 0 Å². The molecule has 0 saturated carbocycles. The van der Waals surface area contributed by atoms with Crippen molar-refractivity contribution in [2.75, 3.05) is 22.9 Å². The molecule has 0 spiro atoms. The van der Waals surface area contributed by atoms with E-state index in [1.807, 2.05) is 17.8 Å². The number of anilines is 2. The van der Waals surface area contributed by atoms with Gasteiger partial charge in [0.15, 0.2) is 5.13 Å². The molecule has 0 amide bonds. The number of rotatable bonds is 2. The van der Waals surface area contributed by atoms with Gasteiger partial charge in [0.25, 0.3) is 0 Å². The lowest BCUT2D eigenvalue weighted by Gasteiger charge is -2.44. The summed E-state index contributed by atoms with van der Waals surface area (Å²) in [7, 11) is 0. The lowest BCUT2D eigenvalue weighted by molar-refractivity contribution is 0.472. The van der Waals surface area contributed by atoms with E-state index in [4.69, 9.17) is 0 Å². The molecule has 2 aromatic heterocycles. The van der Waals surface area contributed by atoms with Gasteiger partial charge in [-0.2, -0.15) is 0 Å². The number of hydrogen-bond acceptors (Lipinski definition) is 5. The third kappa shape index (κ3) is 2.50. The van der Waals surface area contributed by atoms with Gasteiger partial charge in [0.1, 0.15) is 5.82 Å². The minimum absolute atomic E-state index is 0.438. The van der Waals surface area contributed by atoms with E-state index >= 15 is 0 Å². The molecule has 0 radical (unpaired) electrons. The van der Waals surface area contributed by atoms with Crippen LogP contribution in [0.2, 0.25) is 0 Å². The Morgan fingerprint density at radius 3 is 2.45 bits per heavy atom. The molecule has 1 saturated heterocycles. The first-order chi connectivity index (χ1) is 9.65. The van der Waals surface area contributed by atoms with Crippen molar-refractivity contribution in [1.82, 2.24) is 9.97 Å². The number of piperazine rings is 1. The molecule has 0 unspecified atom stereocenters. The highest BCUT2D eigenvalue weighted by Gasteiger charge is 2.31. The Morgan fingerprint density at radius 2 is 1.90 bits per heavy atom. The van der Waals surface area contributed by atoms with Gasteiger partial charge in [0.05, 0.1) is 0 Å². The van der Waals surface area contributed by atoms with Crippen molar-refractivity contribution >= 4 is 22.3 Å². The van der Waals surface area contributed by atoms with E-state index in [1.165, 1.54) is 5.56 Å². The van der Waals surface area contributed by atoms with Crippen molar-refractivity contribution in [3.63, 3.8) is 0 Å². The van der Waals surface area contributed by atoms with E-state index in [0.717, 1.165) is 24.0 Å². The van der Waals surface area contributed by atoms with Crippen molar-refractivity contribution < 1.29 is 0 Å². The molecule has 20 heavy (non-hydrogen) atoms. The first-order valence-corrected chi connectivity index (χ1v) is 7.88. The molecule has 2 aromatic rings. The summed E-state index contributed by atoms with van der Waals surface area (Å²) in [6.45, 7) is 8.57. The van der Waals surface area contributed by atoms with Crippen LogP contribution in [0, 0.1) is 6.92 Å². The van der Waals surface area contributed by atoms with E-state index in [2.05, 4.69) is 52.7 Å². The monoisotopic (exact) mass is 288 g/mol. The summed E-state index contributed by atoms with van der Waals surface area (Å²) in [5, 5.41) is 3.17. The molecule has 0 aliphatic carbocycles. The third-order valence-electron chi connectivity index (χ3n) is 3.78. The second-order valence-electron chi connectivity index (χ2n) is 5.52. The zero-order valence-corrected chi connectivity index (χ0v) is 13.0. The van der Waals surface area contributed by atoms with Gasteiger partial charge in [-0.05, 0) is 32.4 Å². The highest BCUT2D eigenvalue weighted by molar-refractivity contribution is 7.13. The Morgan fingerprint density at radius 1 is 1.15 bits per heavy atom. The zero-order valence-electron chi connectivity index (χ0n) is 12.2. The maximum absolute atomic E-state index is 4.55. The highest BCUT2D eigenvalue weighted by atomic mass is 32.1. The molecule has 4 nitrogen and oxygen atoms in total. The number of aryl methyl sites for hydroxylation is 1. The Kier molecular flexibility index (Phi) is 3.61. The van der Waals surface area contributed by atoms with Gasteiger partial charge >= 0.3 is 0 Å². The predicted molar refractivity (Wildman–Crippen MR) is 84.7 cm³/mol. The van der Waals surface area contributed by atoms with Crippen molar-refractivity contribution in [3.8, 4) is 0 Å². The van der Waals surface area contributed by atoms with Gasteiger partial charge in [-0.3, -0.25) is 0 Å². The molecule has 0 bridgehead atoms. The molecule has 3 rings (SSSR count). The number of thiazole rings is 1. The average Bonchev–Trinajstić information content (AvgIpc) is 2.92. The van der Waals surface area contributed by atoms with Gasteiger partial charge in [0, 0.05) is 42.9 Å². The Balaban J connectivity index is 1.79. The molecular formula is C15H20N4S. The standard InChI is InChI=1S/C15H20N4S/c1-11-4-5-14(17-8-11)18-9-12(2)19(13(3)10-18)15-16-6-7-20-15/h4-8,12-13H,9-10H2,1-3H3/t12-,13+. The van der Waals surface area contributed by atoms with Crippen molar-refractivity contribution in [2.45, 2.75) is 32.9 Å². The lowest BCUT2D eigenvalue weighted by Crippen LogP contribution is -2.57. The van der Waals surface area contributed by atoms with E-state index in [1.54, 1.807) is 11.3 Å². The van der Waals surface area contributed by atoms with Crippen LogP contribution in [-0.4, -0.2) is 35.1 Å². The zero-order chi connectivity index (χ0) is 14.1. The molecule has 0 aromatic carbocycles. The van der Waals surface area contributed by atoms with Crippen LogP contribution >= 0.6 is 11.3 Å². The van der Waals surface area contributed by atoms with Crippen LogP contribution in [0.25, 0.3) is 0 Å². The van der Waals surface area contributed by atoms with Crippen LogP contribution in [0.3, 0.4) is 0 Å². The smallest absolute Gasteiger partial charge is 0.185 e. The number of hydrogen-bond donors (Lipinski definition) is 0. The molecular weight excluding hydrogens is 268 g/mol. The fourth-order valence-corrected chi connectivity index (χ4v) is 3.72. The molecule has 2 atom stereocenters. The van der Waals surface area contributed by atoms with E-state index in [9.17, 15) is 0 Å². The highest BCUT2D eigenvalue weighted by Crippen LogP contribution is 2.28. The first-order valence-electron chi connectivity index (χ1n) is 7.00. The molecule has 1 fully saturated rings. The average molecular weight is 288 g/mol. The van der Waals surface area contributed by atoms with Crippen LogP contribution in [0.15, 0.2) is 29.9 Å². The van der Waals surface area contributed by atoms with Crippen LogP contribution in [0.4, 0.5) is 10.9 Å². The fourth-order valence-electron chi connectivity index (χ4n) is 2.88. The van der Waals surface area contributed by atoms with Crippen LogP contribution in [0.5, 0.6) is 0 Å². The number of pyridine rings is 1. The van der Waals surface area contributed by atoms with Gasteiger partial charge in [-0.15, -0.1) is 11.3 Å². The van der Waals surface area contributed by atoms with Crippen LogP contribution in [-0.2, 0) is 0 Å². The third-order valence-corrected chi connectivity index (χ3v) is 4.56. The molecule has 0 N–H and O–H groups in total. The Bertz CT molecular complexity index is 540. The second kappa shape index (κ2) is 5.40. The summed E-state index contributed by atoms with van der Waals surface area (Å²) in [4.78, 5) is 13.8. The normalized spacial score (nSPS) is 23.1. The summed E-state index contributed by atoms with van der Waals surface area (Å²) < 4.78 is 0. The quantitative estimate of drug-likeness (QED) is 0.850. The molecule has 5 heteroatoms. The molecule has 1 aliphatic heterocycles. The molecule has 1 aliphatic rings. The van der Waals surface area contributed by atoms with Gasteiger partial charge in [-0.25, -0.2) is 9.97 Å². The Hall–Kier alpha value is -1.62.